The summed E-state index contributed by atoms with van der Waals surface area (Å²) in [5.41, 5.74) is -0.00793. The molecule has 2 heterocycles. The highest BCUT2D eigenvalue weighted by Gasteiger charge is 2.30. The zero-order valence-corrected chi connectivity index (χ0v) is 16.9. The largest absolute Gasteiger partial charge is 0.486 e. The standard InChI is InChI=1S/C20H30N2O3S/c1-15-5-4-8-22(12-15)20(2,3)14-21-19(23)13-26-16-6-7-17-18(11-16)25-10-9-24-17/h6-7,11,15H,4-5,8-10,12-14H2,1-3H3,(H,21,23). The summed E-state index contributed by atoms with van der Waals surface area (Å²) in [6.45, 7) is 10.8. The van der Waals surface area contributed by atoms with Crippen LogP contribution in [0.25, 0.3) is 0 Å². The molecular formula is C20H30N2O3S. The second kappa shape index (κ2) is 8.53. The Hall–Kier alpha value is -1.40. The fourth-order valence-corrected chi connectivity index (χ4v) is 4.23. The summed E-state index contributed by atoms with van der Waals surface area (Å²) in [6.07, 6.45) is 2.56. The van der Waals surface area contributed by atoms with Gasteiger partial charge in [0, 0.05) is 23.5 Å². The molecule has 1 saturated heterocycles. The first kappa shape index (κ1) is 19.4. The van der Waals surface area contributed by atoms with Crippen molar-refractivity contribution in [3.05, 3.63) is 18.2 Å². The van der Waals surface area contributed by atoms with Gasteiger partial charge in [-0.05, 0) is 57.4 Å². The van der Waals surface area contributed by atoms with Crippen LogP contribution in [0.4, 0.5) is 0 Å². The fourth-order valence-electron chi connectivity index (χ4n) is 3.48. The van der Waals surface area contributed by atoms with Gasteiger partial charge in [0.1, 0.15) is 13.2 Å². The van der Waals surface area contributed by atoms with Crippen LogP contribution in [0.2, 0.25) is 0 Å². The lowest BCUT2D eigenvalue weighted by Crippen LogP contribution is -2.54. The Bertz CT molecular complexity index is 635. The van der Waals surface area contributed by atoms with E-state index in [1.54, 1.807) is 0 Å². The maximum Gasteiger partial charge on any atom is 0.230 e. The summed E-state index contributed by atoms with van der Waals surface area (Å²) < 4.78 is 11.1. The molecule has 0 spiro atoms. The molecule has 0 aliphatic carbocycles. The highest BCUT2D eigenvalue weighted by molar-refractivity contribution is 8.00. The Morgan fingerprint density at radius 3 is 2.85 bits per heavy atom. The molecule has 2 aliphatic rings. The van der Waals surface area contributed by atoms with Crippen LogP contribution in [-0.4, -0.2) is 54.9 Å². The predicted octanol–water partition coefficient (Wildman–Crippen LogP) is 3.18. The third-order valence-electron chi connectivity index (χ3n) is 5.11. The van der Waals surface area contributed by atoms with Crippen LogP contribution in [0.3, 0.4) is 0 Å². The topological polar surface area (TPSA) is 50.8 Å². The lowest BCUT2D eigenvalue weighted by Gasteiger charge is -2.43. The monoisotopic (exact) mass is 378 g/mol. The van der Waals surface area contributed by atoms with E-state index in [9.17, 15) is 4.79 Å². The average Bonchev–Trinajstić information content (AvgIpc) is 2.64. The Morgan fingerprint density at radius 1 is 1.31 bits per heavy atom. The van der Waals surface area contributed by atoms with Gasteiger partial charge >= 0.3 is 0 Å². The molecular weight excluding hydrogens is 348 g/mol. The summed E-state index contributed by atoms with van der Waals surface area (Å²) in [5.74, 6) is 2.77. The number of benzene rings is 1. The van der Waals surface area contributed by atoms with E-state index in [0.717, 1.165) is 35.4 Å². The lowest BCUT2D eigenvalue weighted by molar-refractivity contribution is -0.119. The van der Waals surface area contributed by atoms with Crippen LogP contribution in [0.15, 0.2) is 23.1 Å². The maximum atomic E-state index is 12.3. The second-order valence-corrected chi connectivity index (χ2v) is 8.93. The Labute approximate surface area is 160 Å². The van der Waals surface area contributed by atoms with E-state index in [1.165, 1.54) is 24.6 Å². The van der Waals surface area contributed by atoms with Crippen LogP contribution >= 0.6 is 11.8 Å². The predicted molar refractivity (Wildman–Crippen MR) is 105 cm³/mol. The molecule has 1 N–H and O–H groups in total. The molecule has 26 heavy (non-hydrogen) atoms. The number of likely N-dealkylation sites (tertiary alicyclic amines) is 1. The minimum atomic E-state index is -0.00793. The number of nitrogens with one attached hydrogen (secondary N) is 1. The number of carbonyl (C=O) groups is 1. The molecule has 0 radical (unpaired) electrons. The van der Waals surface area contributed by atoms with Gasteiger partial charge in [0.25, 0.3) is 0 Å². The number of nitrogens with zero attached hydrogens (tertiary/aromatic N) is 1. The van der Waals surface area contributed by atoms with Gasteiger partial charge in [-0.25, -0.2) is 0 Å². The van der Waals surface area contributed by atoms with E-state index in [0.29, 0.717) is 25.5 Å². The van der Waals surface area contributed by atoms with Gasteiger partial charge in [-0.15, -0.1) is 11.8 Å². The summed E-state index contributed by atoms with van der Waals surface area (Å²) in [5, 5.41) is 3.11. The zero-order valence-electron chi connectivity index (χ0n) is 16.0. The quantitative estimate of drug-likeness (QED) is 0.771. The third kappa shape index (κ3) is 5.07. The lowest BCUT2D eigenvalue weighted by atomic mass is 9.93. The summed E-state index contributed by atoms with van der Waals surface area (Å²) in [4.78, 5) is 15.8. The highest BCUT2D eigenvalue weighted by Crippen LogP contribution is 2.34. The number of thioether (sulfide) groups is 1. The van der Waals surface area contributed by atoms with Crippen molar-refractivity contribution in [2.45, 2.75) is 44.0 Å². The molecule has 1 amide bonds. The van der Waals surface area contributed by atoms with Gasteiger partial charge in [-0.2, -0.15) is 0 Å². The summed E-state index contributed by atoms with van der Waals surface area (Å²) >= 11 is 1.53. The summed E-state index contributed by atoms with van der Waals surface area (Å²) in [7, 11) is 0. The first-order valence-electron chi connectivity index (χ1n) is 9.48. The molecule has 144 valence electrons. The van der Waals surface area contributed by atoms with Crippen molar-refractivity contribution in [3.8, 4) is 11.5 Å². The van der Waals surface area contributed by atoms with Crippen molar-refractivity contribution < 1.29 is 14.3 Å². The van der Waals surface area contributed by atoms with Crippen molar-refractivity contribution >= 4 is 17.7 Å². The summed E-state index contributed by atoms with van der Waals surface area (Å²) in [6, 6.07) is 5.84. The molecule has 1 fully saturated rings. The number of hydrogen-bond donors (Lipinski definition) is 1. The average molecular weight is 379 g/mol. The number of ether oxygens (including phenoxy) is 2. The molecule has 0 aromatic heterocycles. The van der Waals surface area contributed by atoms with Crippen molar-refractivity contribution in [2.75, 3.05) is 38.6 Å². The van der Waals surface area contributed by atoms with E-state index in [-0.39, 0.29) is 11.4 Å². The van der Waals surface area contributed by atoms with Gasteiger partial charge in [0.05, 0.1) is 5.75 Å². The molecule has 2 aliphatic heterocycles. The number of fused-ring (bicyclic) bond motifs is 1. The molecule has 1 atom stereocenters. The van der Waals surface area contributed by atoms with Gasteiger partial charge in [-0.1, -0.05) is 6.92 Å². The first-order chi connectivity index (χ1) is 12.4. The van der Waals surface area contributed by atoms with Crippen LogP contribution in [-0.2, 0) is 4.79 Å². The van der Waals surface area contributed by atoms with E-state index in [2.05, 4.69) is 31.0 Å². The first-order valence-corrected chi connectivity index (χ1v) is 10.5. The smallest absolute Gasteiger partial charge is 0.230 e. The number of piperidine rings is 1. The second-order valence-electron chi connectivity index (χ2n) is 7.88. The Kier molecular flexibility index (Phi) is 6.35. The van der Waals surface area contributed by atoms with Crippen molar-refractivity contribution in [2.24, 2.45) is 5.92 Å². The molecule has 5 nitrogen and oxygen atoms in total. The van der Waals surface area contributed by atoms with E-state index < -0.39 is 0 Å². The van der Waals surface area contributed by atoms with Gasteiger partial charge in [0.15, 0.2) is 11.5 Å². The minimum Gasteiger partial charge on any atom is -0.486 e. The normalized spacial score (nSPS) is 20.7. The van der Waals surface area contributed by atoms with Gasteiger partial charge in [0.2, 0.25) is 5.91 Å². The molecule has 0 bridgehead atoms. The Morgan fingerprint density at radius 2 is 2.08 bits per heavy atom. The van der Waals surface area contributed by atoms with Crippen molar-refractivity contribution in [3.63, 3.8) is 0 Å². The molecule has 0 saturated carbocycles. The molecule has 1 aromatic rings. The fraction of sp³-hybridized carbons (Fsp3) is 0.650. The number of amides is 1. The highest BCUT2D eigenvalue weighted by atomic mass is 32.2. The number of rotatable bonds is 6. The third-order valence-corrected chi connectivity index (χ3v) is 6.11. The van der Waals surface area contributed by atoms with E-state index >= 15 is 0 Å². The SMILES string of the molecule is CC1CCCN(C(C)(C)CNC(=O)CSc2ccc3c(c2)OCCO3)C1. The number of hydrogen-bond acceptors (Lipinski definition) is 5. The van der Waals surface area contributed by atoms with Crippen molar-refractivity contribution in [1.82, 2.24) is 10.2 Å². The molecule has 3 rings (SSSR count). The van der Waals surface area contributed by atoms with Crippen LogP contribution < -0.4 is 14.8 Å². The maximum absolute atomic E-state index is 12.3. The van der Waals surface area contributed by atoms with Crippen LogP contribution in [0.1, 0.15) is 33.6 Å². The van der Waals surface area contributed by atoms with E-state index in [4.69, 9.17) is 9.47 Å². The Balaban J connectivity index is 1.45. The van der Waals surface area contributed by atoms with E-state index in [1.807, 2.05) is 18.2 Å². The molecule has 1 aromatic carbocycles. The van der Waals surface area contributed by atoms with Gasteiger partial charge in [-0.3, -0.25) is 9.69 Å². The zero-order chi connectivity index (χ0) is 18.6. The molecule has 1 unspecified atom stereocenters. The minimum absolute atomic E-state index is 0.00793. The van der Waals surface area contributed by atoms with Gasteiger partial charge < -0.3 is 14.8 Å². The molecule has 6 heteroatoms. The number of carbonyl (C=O) groups excluding carboxylic acids is 1. The van der Waals surface area contributed by atoms with Crippen LogP contribution in [0.5, 0.6) is 11.5 Å². The van der Waals surface area contributed by atoms with Crippen LogP contribution in [0, 0.1) is 5.92 Å². The van der Waals surface area contributed by atoms with Crippen molar-refractivity contribution in [1.29, 1.82) is 0 Å².